The Morgan fingerprint density at radius 2 is 2.27 bits per heavy atom. The van der Waals surface area contributed by atoms with Crippen LogP contribution < -0.4 is 0 Å². The van der Waals surface area contributed by atoms with Crippen molar-refractivity contribution in [1.82, 2.24) is 10.2 Å². The second-order valence-corrected chi connectivity index (χ2v) is 2.55. The Bertz CT molecular complexity index is 235. The second kappa shape index (κ2) is 2.44. The van der Waals surface area contributed by atoms with E-state index in [9.17, 15) is 8.78 Å². The molecule has 1 N–H and O–H groups in total. The van der Waals surface area contributed by atoms with E-state index in [4.69, 9.17) is 0 Å². The number of H-pyrrole nitrogens is 1. The molecule has 1 aliphatic carbocycles. The van der Waals surface area contributed by atoms with Crippen LogP contribution in [0.4, 0.5) is 8.78 Å². The third kappa shape index (κ3) is 1.35. The largest absolute Gasteiger partial charge is 0.285 e. The molecule has 11 heavy (non-hydrogen) atoms. The molecule has 1 aromatic rings. The van der Waals surface area contributed by atoms with Crippen LogP contribution in [0.5, 0.6) is 0 Å². The SMILES string of the molecule is Cl.FC1(F)CC1c1cn[nH]c1. The zero-order chi connectivity index (χ0) is 7.19. The first-order valence-corrected chi connectivity index (χ1v) is 3.06. The third-order valence-corrected chi connectivity index (χ3v) is 1.75. The summed E-state index contributed by atoms with van der Waals surface area (Å²) in [6.07, 6.45) is 2.95. The van der Waals surface area contributed by atoms with Crippen LogP contribution in [0.3, 0.4) is 0 Å². The van der Waals surface area contributed by atoms with Gasteiger partial charge in [0.05, 0.1) is 12.1 Å². The molecule has 2 rings (SSSR count). The number of aromatic nitrogens is 2. The van der Waals surface area contributed by atoms with E-state index in [2.05, 4.69) is 10.2 Å². The average molecular weight is 181 g/mol. The molecule has 62 valence electrons. The van der Waals surface area contributed by atoms with Crippen LogP contribution >= 0.6 is 12.4 Å². The van der Waals surface area contributed by atoms with Crippen LogP contribution in [0, 0.1) is 0 Å². The Morgan fingerprint density at radius 3 is 2.64 bits per heavy atom. The summed E-state index contributed by atoms with van der Waals surface area (Å²) in [7, 11) is 0. The van der Waals surface area contributed by atoms with Crippen LogP contribution in [0.15, 0.2) is 12.4 Å². The lowest BCUT2D eigenvalue weighted by Crippen LogP contribution is -1.90. The molecule has 1 heterocycles. The van der Waals surface area contributed by atoms with Crippen molar-refractivity contribution in [2.75, 3.05) is 0 Å². The van der Waals surface area contributed by atoms with Gasteiger partial charge in [0.1, 0.15) is 0 Å². The Morgan fingerprint density at radius 1 is 1.64 bits per heavy atom. The number of nitrogens with one attached hydrogen (secondary N) is 1. The lowest BCUT2D eigenvalue weighted by molar-refractivity contribution is 0.112. The summed E-state index contributed by atoms with van der Waals surface area (Å²) < 4.78 is 24.6. The summed E-state index contributed by atoms with van der Waals surface area (Å²) in [5.41, 5.74) is 0.616. The van der Waals surface area contributed by atoms with Gasteiger partial charge in [-0.15, -0.1) is 12.4 Å². The van der Waals surface area contributed by atoms with Crippen LogP contribution in [0.25, 0.3) is 0 Å². The molecular weight excluding hydrogens is 174 g/mol. The minimum absolute atomic E-state index is 0. The topological polar surface area (TPSA) is 28.7 Å². The molecule has 1 saturated carbocycles. The zero-order valence-corrected chi connectivity index (χ0v) is 6.37. The minimum atomic E-state index is -2.47. The predicted octanol–water partition coefficient (Wildman–Crippen LogP) is 1.95. The number of halogens is 3. The van der Waals surface area contributed by atoms with Gasteiger partial charge < -0.3 is 0 Å². The first kappa shape index (κ1) is 8.46. The monoisotopic (exact) mass is 180 g/mol. The molecule has 0 bridgehead atoms. The van der Waals surface area contributed by atoms with Crippen LogP contribution in [0.2, 0.25) is 0 Å². The fraction of sp³-hybridized carbons (Fsp3) is 0.500. The maximum absolute atomic E-state index is 12.3. The standard InChI is InChI=1S/C6H6F2N2.ClH/c7-6(8)1-5(6)4-2-9-10-3-4;/h2-3,5H,1H2,(H,9,10);1H. The average Bonchev–Trinajstić information content (AvgIpc) is 2.31. The molecule has 0 radical (unpaired) electrons. The number of hydrogen-bond acceptors (Lipinski definition) is 1. The van der Waals surface area contributed by atoms with E-state index >= 15 is 0 Å². The van der Waals surface area contributed by atoms with Gasteiger partial charge in [-0.1, -0.05) is 0 Å². The van der Waals surface area contributed by atoms with Gasteiger partial charge in [-0.25, -0.2) is 8.78 Å². The van der Waals surface area contributed by atoms with Gasteiger partial charge in [0.15, 0.2) is 0 Å². The molecule has 2 nitrogen and oxygen atoms in total. The second-order valence-electron chi connectivity index (χ2n) is 2.55. The van der Waals surface area contributed by atoms with Crippen molar-refractivity contribution >= 4 is 12.4 Å². The zero-order valence-electron chi connectivity index (χ0n) is 5.55. The molecule has 0 aliphatic heterocycles. The fourth-order valence-corrected chi connectivity index (χ4v) is 1.03. The summed E-state index contributed by atoms with van der Waals surface area (Å²) in [6.45, 7) is 0. The normalized spacial score (nSPS) is 25.8. The predicted molar refractivity (Wildman–Crippen MR) is 38.1 cm³/mol. The maximum atomic E-state index is 12.3. The quantitative estimate of drug-likeness (QED) is 0.703. The highest BCUT2D eigenvalue weighted by atomic mass is 35.5. The molecule has 1 atom stereocenters. The molecular formula is C6H7ClF2N2. The first-order chi connectivity index (χ1) is 4.70. The van der Waals surface area contributed by atoms with Crippen molar-refractivity contribution in [3.05, 3.63) is 18.0 Å². The number of rotatable bonds is 1. The molecule has 1 fully saturated rings. The van der Waals surface area contributed by atoms with Crippen LogP contribution in [-0.4, -0.2) is 16.1 Å². The molecule has 1 aromatic heterocycles. The molecule has 0 aromatic carbocycles. The van der Waals surface area contributed by atoms with Crippen molar-refractivity contribution in [3.8, 4) is 0 Å². The molecule has 1 unspecified atom stereocenters. The first-order valence-electron chi connectivity index (χ1n) is 3.06. The number of aromatic amines is 1. The Hall–Kier alpha value is -0.640. The van der Waals surface area contributed by atoms with Gasteiger partial charge in [-0.2, -0.15) is 5.10 Å². The van der Waals surface area contributed by atoms with Gasteiger partial charge in [0.25, 0.3) is 5.92 Å². The highest BCUT2D eigenvalue weighted by Gasteiger charge is 2.57. The Labute approximate surface area is 68.4 Å². The van der Waals surface area contributed by atoms with E-state index in [1.165, 1.54) is 12.4 Å². The van der Waals surface area contributed by atoms with E-state index in [1.807, 2.05) is 0 Å². The van der Waals surface area contributed by atoms with Crippen molar-refractivity contribution in [3.63, 3.8) is 0 Å². The number of hydrogen-bond donors (Lipinski definition) is 1. The van der Waals surface area contributed by atoms with Crippen LogP contribution in [0.1, 0.15) is 17.9 Å². The van der Waals surface area contributed by atoms with Crippen LogP contribution in [-0.2, 0) is 0 Å². The number of nitrogens with zero attached hydrogens (tertiary/aromatic N) is 1. The lowest BCUT2D eigenvalue weighted by atomic mass is 10.2. The van der Waals surface area contributed by atoms with Gasteiger partial charge in [-0.05, 0) is 5.56 Å². The van der Waals surface area contributed by atoms with E-state index in [0.29, 0.717) is 5.56 Å². The Balaban J connectivity index is 0.000000605. The van der Waals surface area contributed by atoms with Crippen molar-refractivity contribution in [1.29, 1.82) is 0 Å². The Kier molecular flexibility index (Phi) is 1.88. The van der Waals surface area contributed by atoms with Crippen molar-refractivity contribution < 1.29 is 8.78 Å². The summed E-state index contributed by atoms with van der Waals surface area (Å²) in [4.78, 5) is 0. The third-order valence-electron chi connectivity index (χ3n) is 1.75. The fourth-order valence-electron chi connectivity index (χ4n) is 1.03. The highest BCUT2D eigenvalue weighted by Crippen LogP contribution is 2.55. The van der Waals surface area contributed by atoms with Gasteiger partial charge >= 0.3 is 0 Å². The maximum Gasteiger partial charge on any atom is 0.256 e. The molecule has 5 heteroatoms. The van der Waals surface area contributed by atoms with E-state index in [0.717, 1.165) is 0 Å². The van der Waals surface area contributed by atoms with Gasteiger partial charge in [0, 0.05) is 12.6 Å². The smallest absolute Gasteiger partial charge is 0.256 e. The van der Waals surface area contributed by atoms with E-state index < -0.39 is 11.8 Å². The summed E-state index contributed by atoms with van der Waals surface area (Å²) in [6, 6.07) is 0. The van der Waals surface area contributed by atoms with E-state index in [1.54, 1.807) is 0 Å². The highest BCUT2D eigenvalue weighted by molar-refractivity contribution is 5.85. The molecule has 0 spiro atoms. The van der Waals surface area contributed by atoms with Gasteiger partial charge in [0.2, 0.25) is 0 Å². The van der Waals surface area contributed by atoms with E-state index in [-0.39, 0.29) is 18.8 Å². The minimum Gasteiger partial charge on any atom is -0.285 e. The van der Waals surface area contributed by atoms with Crippen molar-refractivity contribution in [2.45, 2.75) is 18.3 Å². The molecule has 1 aliphatic rings. The van der Waals surface area contributed by atoms with Crippen molar-refractivity contribution in [2.24, 2.45) is 0 Å². The summed E-state index contributed by atoms with van der Waals surface area (Å²) >= 11 is 0. The van der Waals surface area contributed by atoms with Gasteiger partial charge in [-0.3, -0.25) is 5.10 Å². The summed E-state index contributed by atoms with van der Waals surface area (Å²) in [5.74, 6) is -3.05. The molecule has 0 saturated heterocycles. The summed E-state index contributed by atoms with van der Waals surface area (Å²) in [5, 5.41) is 6.10. The number of alkyl halides is 2. The lowest BCUT2D eigenvalue weighted by Gasteiger charge is -1.89. The molecule has 0 amide bonds.